The maximum Gasteiger partial charge on any atom is 0.232 e. The molecule has 0 radical (unpaired) electrons. The molecule has 2 aliphatic heterocycles. The van der Waals surface area contributed by atoms with Crippen molar-refractivity contribution in [3.8, 4) is 0 Å². The highest BCUT2D eigenvalue weighted by molar-refractivity contribution is 6.01. The number of nitrogens with one attached hydrogen (secondary N) is 1. The second-order valence-corrected chi connectivity index (χ2v) is 5.73. The zero-order chi connectivity index (χ0) is 10.9. The summed E-state index contributed by atoms with van der Waals surface area (Å²) in [4.78, 5) is 26.0. The molecule has 2 amide bonds. The van der Waals surface area contributed by atoms with E-state index in [1.807, 2.05) is 0 Å². The fourth-order valence-corrected chi connectivity index (χ4v) is 3.99. The van der Waals surface area contributed by atoms with Crippen LogP contribution < -0.4 is 5.32 Å². The van der Waals surface area contributed by atoms with E-state index in [0.717, 1.165) is 32.4 Å². The first-order chi connectivity index (χ1) is 7.77. The Morgan fingerprint density at radius 2 is 1.56 bits per heavy atom. The van der Waals surface area contributed by atoms with Gasteiger partial charge in [0.25, 0.3) is 0 Å². The van der Waals surface area contributed by atoms with Crippen LogP contribution in [0.15, 0.2) is 0 Å². The standard InChI is InChI=1S/C12H16N2O2/c15-11-6-1-2-7(3-6)12(16)14(11)10-8-4-13-5-9(8)10/h6-10,13H,1-5H2. The summed E-state index contributed by atoms with van der Waals surface area (Å²) in [6.45, 7) is 1.98. The SMILES string of the molecule is O=C1C2CCC(C2)C(=O)N1C1C2CNCC21. The number of amides is 2. The number of rotatable bonds is 1. The minimum atomic E-state index is 0.137. The summed E-state index contributed by atoms with van der Waals surface area (Å²) >= 11 is 0. The molecule has 4 heteroatoms. The monoisotopic (exact) mass is 220 g/mol. The number of imide groups is 1. The van der Waals surface area contributed by atoms with Gasteiger partial charge in [-0.15, -0.1) is 0 Å². The summed E-state index contributed by atoms with van der Waals surface area (Å²) in [5.74, 6) is 1.72. The average molecular weight is 220 g/mol. The van der Waals surface area contributed by atoms with Crippen LogP contribution in [0.2, 0.25) is 0 Å². The molecule has 4 unspecified atom stereocenters. The largest absolute Gasteiger partial charge is 0.316 e. The minimum Gasteiger partial charge on any atom is -0.316 e. The fraction of sp³-hybridized carbons (Fsp3) is 0.833. The van der Waals surface area contributed by atoms with Gasteiger partial charge in [-0.25, -0.2) is 0 Å². The number of likely N-dealkylation sites (tertiary alicyclic amines) is 1. The number of nitrogens with zero attached hydrogens (tertiary/aromatic N) is 1. The number of piperidine rings is 2. The van der Waals surface area contributed by atoms with Crippen molar-refractivity contribution in [1.82, 2.24) is 10.2 Å². The van der Waals surface area contributed by atoms with Crippen molar-refractivity contribution >= 4 is 11.8 Å². The number of hydrogen-bond donors (Lipinski definition) is 1. The predicted octanol–water partition coefficient (Wildman–Crippen LogP) is -0.0107. The molecule has 4 aliphatic rings. The maximum atomic E-state index is 12.2. The summed E-state index contributed by atoms with van der Waals surface area (Å²) < 4.78 is 0. The molecule has 86 valence electrons. The number of carbonyl (C=O) groups excluding carboxylic acids is 2. The Morgan fingerprint density at radius 3 is 2.12 bits per heavy atom. The van der Waals surface area contributed by atoms with Gasteiger partial charge in [0, 0.05) is 31.0 Å². The second-order valence-electron chi connectivity index (χ2n) is 5.73. The van der Waals surface area contributed by atoms with Gasteiger partial charge in [0.05, 0.1) is 0 Å². The molecule has 0 spiro atoms. The quantitative estimate of drug-likeness (QED) is 0.632. The summed E-state index contributed by atoms with van der Waals surface area (Å²) in [5, 5.41) is 3.31. The summed E-state index contributed by atoms with van der Waals surface area (Å²) in [6.07, 6.45) is 2.70. The highest BCUT2D eigenvalue weighted by atomic mass is 16.2. The third kappa shape index (κ3) is 0.986. The third-order valence-electron chi connectivity index (χ3n) is 4.95. The molecular weight excluding hydrogens is 204 g/mol. The number of carbonyl (C=O) groups is 2. The van der Waals surface area contributed by atoms with Crippen molar-refractivity contribution in [2.24, 2.45) is 23.7 Å². The van der Waals surface area contributed by atoms with E-state index >= 15 is 0 Å². The molecule has 2 aliphatic carbocycles. The van der Waals surface area contributed by atoms with Gasteiger partial charge in [0.1, 0.15) is 0 Å². The van der Waals surface area contributed by atoms with Crippen LogP contribution in [-0.2, 0) is 9.59 Å². The topological polar surface area (TPSA) is 49.4 Å². The molecule has 4 atom stereocenters. The molecule has 2 saturated heterocycles. The third-order valence-corrected chi connectivity index (χ3v) is 4.95. The smallest absolute Gasteiger partial charge is 0.232 e. The normalized spacial score (nSPS) is 49.8. The Balaban J connectivity index is 1.63. The van der Waals surface area contributed by atoms with Gasteiger partial charge < -0.3 is 5.32 Å². The first kappa shape index (κ1) is 9.16. The second kappa shape index (κ2) is 2.86. The van der Waals surface area contributed by atoms with Crippen molar-refractivity contribution in [3.63, 3.8) is 0 Å². The highest BCUT2D eigenvalue weighted by Crippen LogP contribution is 2.50. The Labute approximate surface area is 94.4 Å². The highest BCUT2D eigenvalue weighted by Gasteiger charge is 2.61. The van der Waals surface area contributed by atoms with E-state index in [0.29, 0.717) is 11.8 Å². The van der Waals surface area contributed by atoms with Crippen LogP contribution >= 0.6 is 0 Å². The summed E-state index contributed by atoms with van der Waals surface area (Å²) in [5.41, 5.74) is 0. The van der Waals surface area contributed by atoms with Crippen LogP contribution in [0.5, 0.6) is 0 Å². The lowest BCUT2D eigenvalue weighted by molar-refractivity contribution is -0.154. The fourth-order valence-electron chi connectivity index (χ4n) is 3.99. The molecule has 1 N–H and O–H groups in total. The van der Waals surface area contributed by atoms with Crippen LogP contribution in [0.3, 0.4) is 0 Å². The summed E-state index contributed by atoms with van der Waals surface area (Å²) in [6, 6.07) is 0.254. The van der Waals surface area contributed by atoms with Gasteiger partial charge in [-0.05, 0) is 31.1 Å². The van der Waals surface area contributed by atoms with Crippen molar-refractivity contribution < 1.29 is 9.59 Å². The van der Waals surface area contributed by atoms with Crippen LogP contribution in [0, 0.1) is 23.7 Å². The van der Waals surface area contributed by atoms with Crippen LogP contribution in [0.1, 0.15) is 19.3 Å². The molecule has 4 fully saturated rings. The van der Waals surface area contributed by atoms with E-state index < -0.39 is 0 Å². The molecule has 4 rings (SSSR count). The van der Waals surface area contributed by atoms with Crippen molar-refractivity contribution in [1.29, 1.82) is 0 Å². The van der Waals surface area contributed by atoms with Gasteiger partial charge >= 0.3 is 0 Å². The molecule has 0 aromatic heterocycles. The van der Waals surface area contributed by atoms with Crippen molar-refractivity contribution in [2.45, 2.75) is 25.3 Å². The van der Waals surface area contributed by atoms with Gasteiger partial charge in [-0.3, -0.25) is 14.5 Å². The van der Waals surface area contributed by atoms with Crippen LogP contribution in [-0.4, -0.2) is 35.8 Å². The molecule has 4 nitrogen and oxygen atoms in total. The van der Waals surface area contributed by atoms with Crippen molar-refractivity contribution in [3.05, 3.63) is 0 Å². The van der Waals surface area contributed by atoms with Gasteiger partial charge in [-0.1, -0.05) is 0 Å². The Bertz CT molecular complexity index is 349. The Kier molecular flexibility index (Phi) is 1.64. The van der Waals surface area contributed by atoms with E-state index in [1.165, 1.54) is 0 Å². The maximum absolute atomic E-state index is 12.2. The van der Waals surface area contributed by atoms with E-state index in [9.17, 15) is 9.59 Å². The molecule has 2 heterocycles. The average Bonchev–Trinajstić information content (AvgIpc) is 2.77. The van der Waals surface area contributed by atoms with Crippen molar-refractivity contribution in [2.75, 3.05) is 13.1 Å². The Hall–Kier alpha value is -0.900. The van der Waals surface area contributed by atoms with E-state index in [-0.39, 0.29) is 29.7 Å². The lowest BCUT2D eigenvalue weighted by atomic mass is 9.96. The lowest BCUT2D eigenvalue weighted by Gasteiger charge is -2.31. The molecule has 2 bridgehead atoms. The first-order valence-electron chi connectivity index (χ1n) is 6.35. The first-order valence-corrected chi connectivity index (χ1v) is 6.35. The predicted molar refractivity (Wildman–Crippen MR) is 56.3 cm³/mol. The zero-order valence-corrected chi connectivity index (χ0v) is 9.19. The van der Waals surface area contributed by atoms with E-state index in [2.05, 4.69) is 5.32 Å². The zero-order valence-electron chi connectivity index (χ0n) is 9.19. The van der Waals surface area contributed by atoms with Crippen LogP contribution in [0.25, 0.3) is 0 Å². The number of hydrogen-bond acceptors (Lipinski definition) is 3. The molecule has 16 heavy (non-hydrogen) atoms. The molecule has 0 aromatic carbocycles. The molecule has 0 aromatic rings. The van der Waals surface area contributed by atoms with E-state index in [1.54, 1.807) is 4.90 Å². The Morgan fingerprint density at radius 1 is 1.00 bits per heavy atom. The molecular formula is C12H16N2O2. The number of fused-ring (bicyclic) bond motifs is 3. The van der Waals surface area contributed by atoms with Crippen LogP contribution in [0.4, 0.5) is 0 Å². The van der Waals surface area contributed by atoms with Gasteiger partial charge in [0.15, 0.2) is 0 Å². The van der Waals surface area contributed by atoms with Gasteiger partial charge in [0.2, 0.25) is 11.8 Å². The molecule has 2 saturated carbocycles. The van der Waals surface area contributed by atoms with Gasteiger partial charge in [-0.2, -0.15) is 0 Å². The van der Waals surface area contributed by atoms with E-state index in [4.69, 9.17) is 0 Å². The lowest BCUT2D eigenvalue weighted by Crippen LogP contribution is -2.49. The summed E-state index contributed by atoms with van der Waals surface area (Å²) in [7, 11) is 0. The minimum absolute atomic E-state index is 0.137.